The van der Waals surface area contributed by atoms with Crippen molar-refractivity contribution in [1.82, 2.24) is 0 Å². The van der Waals surface area contributed by atoms with Gasteiger partial charge in [0.15, 0.2) is 9.84 Å². The monoisotopic (exact) mass is 421 g/mol. The molecule has 0 N–H and O–H groups in total. The average Bonchev–Trinajstić information content (AvgIpc) is 3.19. The lowest BCUT2D eigenvalue weighted by Crippen LogP contribution is -2.08. The van der Waals surface area contributed by atoms with E-state index in [1.165, 1.54) is 0 Å². The van der Waals surface area contributed by atoms with Gasteiger partial charge >= 0.3 is 0 Å². The van der Waals surface area contributed by atoms with Crippen molar-refractivity contribution in [3.05, 3.63) is 52.6 Å². The second-order valence-electron chi connectivity index (χ2n) is 7.17. The Morgan fingerprint density at radius 2 is 1.83 bits per heavy atom. The third kappa shape index (κ3) is 3.91. The molecule has 2 aromatic carbocycles. The third-order valence-corrected chi connectivity index (χ3v) is 6.98. The summed E-state index contributed by atoms with van der Waals surface area (Å²) in [6, 6.07) is 4.68. The van der Waals surface area contributed by atoms with Crippen molar-refractivity contribution in [3.8, 4) is 11.5 Å². The van der Waals surface area contributed by atoms with Gasteiger partial charge < -0.3 is 9.47 Å². The molecule has 8 heteroatoms. The minimum absolute atomic E-state index is 0.0380. The van der Waals surface area contributed by atoms with Gasteiger partial charge in [0.25, 0.3) is 0 Å². The van der Waals surface area contributed by atoms with Crippen molar-refractivity contribution in [2.24, 2.45) is 4.99 Å². The van der Waals surface area contributed by atoms with Gasteiger partial charge in [-0.1, -0.05) is 0 Å². The van der Waals surface area contributed by atoms with E-state index in [1.807, 2.05) is 0 Å². The lowest BCUT2D eigenvalue weighted by molar-refractivity contribution is 0.197. The number of sulfone groups is 1. The summed E-state index contributed by atoms with van der Waals surface area (Å²) in [7, 11) is -1.76. The molecular formula is C21H21F2NO4S. The van der Waals surface area contributed by atoms with Crippen molar-refractivity contribution in [2.45, 2.75) is 30.6 Å². The van der Waals surface area contributed by atoms with E-state index >= 15 is 0 Å². The van der Waals surface area contributed by atoms with Crippen LogP contribution in [0.1, 0.15) is 29.5 Å². The fraction of sp³-hybridized carbons (Fsp3) is 0.381. The van der Waals surface area contributed by atoms with Crippen LogP contribution >= 0.6 is 0 Å². The molecule has 4 rings (SSSR count). The van der Waals surface area contributed by atoms with Gasteiger partial charge in [-0.05, 0) is 37.3 Å². The van der Waals surface area contributed by atoms with Crippen molar-refractivity contribution in [2.75, 3.05) is 26.0 Å². The van der Waals surface area contributed by atoms with E-state index in [4.69, 9.17) is 9.47 Å². The molecule has 0 saturated heterocycles. The molecule has 2 aliphatic rings. The average molecular weight is 421 g/mol. The van der Waals surface area contributed by atoms with Gasteiger partial charge in [0.2, 0.25) is 0 Å². The Bertz CT molecular complexity index is 1080. The van der Waals surface area contributed by atoms with Crippen molar-refractivity contribution >= 4 is 15.5 Å². The number of halogens is 2. The first-order valence-electron chi connectivity index (χ1n) is 9.47. The maximum atomic E-state index is 13.6. The zero-order chi connectivity index (χ0) is 20.6. The van der Waals surface area contributed by atoms with E-state index in [9.17, 15) is 17.2 Å². The van der Waals surface area contributed by atoms with Crippen LogP contribution < -0.4 is 4.74 Å². The molecule has 29 heavy (non-hydrogen) atoms. The standard InChI is InChI=1S/C21H21F2NO4S/c1-27-7-2-6-24-18-4-3-17-19(28-16-11-14(22)10-15(23)12-16)9-13-5-8-29(25,26)21(13)20(17)18/h9-12H,2-8H2,1H3/b24-18+. The summed E-state index contributed by atoms with van der Waals surface area (Å²) in [5, 5.41) is 0. The number of ether oxygens (including phenoxy) is 2. The predicted molar refractivity (Wildman–Crippen MR) is 105 cm³/mol. The molecule has 0 unspecified atom stereocenters. The molecule has 5 nitrogen and oxygen atoms in total. The predicted octanol–water partition coefficient (Wildman–Crippen LogP) is 3.86. The van der Waals surface area contributed by atoms with Crippen LogP contribution in [0.15, 0.2) is 34.2 Å². The molecule has 1 heterocycles. The van der Waals surface area contributed by atoms with E-state index in [0.29, 0.717) is 54.2 Å². The molecule has 0 radical (unpaired) electrons. The Balaban J connectivity index is 1.79. The smallest absolute Gasteiger partial charge is 0.179 e. The molecule has 0 amide bonds. The number of benzene rings is 2. The summed E-state index contributed by atoms with van der Waals surface area (Å²) >= 11 is 0. The fourth-order valence-corrected chi connectivity index (χ4v) is 5.73. The van der Waals surface area contributed by atoms with Gasteiger partial charge in [0, 0.05) is 55.3 Å². The number of hydrogen-bond acceptors (Lipinski definition) is 5. The van der Waals surface area contributed by atoms with Crippen LogP contribution in [-0.4, -0.2) is 40.1 Å². The van der Waals surface area contributed by atoms with Gasteiger partial charge in [-0.15, -0.1) is 0 Å². The lowest BCUT2D eigenvalue weighted by atomic mass is 10.0. The van der Waals surface area contributed by atoms with E-state index in [-0.39, 0.29) is 11.5 Å². The highest BCUT2D eigenvalue weighted by molar-refractivity contribution is 7.91. The second kappa shape index (κ2) is 7.84. The van der Waals surface area contributed by atoms with Crippen molar-refractivity contribution in [1.29, 1.82) is 0 Å². The number of fused-ring (bicyclic) bond motifs is 3. The summed E-state index contributed by atoms with van der Waals surface area (Å²) in [5.41, 5.74) is 2.75. The number of aliphatic imine (C=N–C) groups is 1. The molecule has 1 aliphatic carbocycles. The summed E-state index contributed by atoms with van der Waals surface area (Å²) in [4.78, 5) is 4.96. The second-order valence-corrected chi connectivity index (χ2v) is 9.21. The number of hydrogen-bond donors (Lipinski definition) is 0. The number of rotatable bonds is 6. The highest BCUT2D eigenvalue weighted by Gasteiger charge is 2.37. The first kappa shape index (κ1) is 20.0. The zero-order valence-electron chi connectivity index (χ0n) is 16.0. The Kier molecular flexibility index (Phi) is 5.40. The summed E-state index contributed by atoms with van der Waals surface area (Å²) in [5.74, 6) is -0.954. The number of aryl methyl sites for hydroxylation is 1. The van der Waals surface area contributed by atoms with Crippen LogP contribution in [0.5, 0.6) is 11.5 Å². The number of methoxy groups -OCH3 is 1. The van der Waals surface area contributed by atoms with Crippen LogP contribution in [0.2, 0.25) is 0 Å². The molecule has 0 bridgehead atoms. The first-order valence-corrected chi connectivity index (χ1v) is 11.1. The maximum Gasteiger partial charge on any atom is 0.179 e. The van der Waals surface area contributed by atoms with E-state index in [0.717, 1.165) is 35.9 Å². The van der Waals surface area contributed by atoms with Crippen LogP contribution in [0, 0.1) is 11.6 Å². The topological polar surface area (TPSA) is 65.0 Å². The van der Waals surface area contributed by atoms with E-state index in [1.54, 1.807) is 13.2 Å². The minimum Gasteiger partial charge on any atom is -0.457 e. The maximum absolute atomic E-state index is 13.6. The van der Waals surface area contributed by atoms with Gasteiger partial charge in [-0.3, -0.25) is 4.99 Å². The Morgan fingerprint density at radius 1 is 1.07 bits per heavy atom. The third-order valence-electron chi connectivity index (χ3n) is 5.15. The largest absolute Gasteiger partial charge is 0.457 e. The molecule has 0 saturated carbocycles. The molecule has 154 valence electrons. The van der Waals surface area contributed by atoms with Gasteiger partial charge in [-0.25, -0.2) is 17.2 Å². The fourth-order valence-electron chi connectivity index (χ4n) is 3.93. The minimum atomic E-state index is -3.38. The van der Waals surface area contributed by atoms with Gasteiger partial charge in [0.05, 0.1) is 10.6 Å². The lowest BCUT2D eigenvalue weighted by Gasteiger charge is -2.14. The molecule has 2 aromatic rings. The molecule has 0 spiro atoms. The van der Waals surface area contributed by atoms with E-state index in [2.05, 4.69) is 4.99 Å². The summed E-state index contributed by atoms with van der Waals surface area (Å²) < 4.78 is 63.3. The van der Waals surface area contributed by atoms with E-state index < -0.39 is 21.5 Å². The van der Waals surface area contributed by atoms with Crippen LogP contribution in [0.4, 0.5) is 8.78 Å². The quantitative estimate of drug-likeness (QED) is 0.665. The Labute approximate surface area is 168 Å². The number of nitrogens with zero attached hydrogens (tertiary/aromatic N) is 1. The van der Waals surface area contributed by atoms with Gasteiger partial charge in [-0.2, -0.15) is 0 Å². The van der Waals surface area contributed by atoms with Gasteiger partial charge in [0.1, 0.15) is 23.1 Å². The molecule has 1 aliphatic heterocycles. The zero-order valence-corrected chi connectivity index (χ0v) is 16.8. The first-order chi connectivity index (χ1) is 13.9. The molecule has 0 atom stereocenters. The van der Waals surface area contributed by atoms with Crippen LogP contribution in [0.3, 0.4) is 0 Å². The van der Waals surface area contributed by atoms with Crippen molar-refractivity contribution in [3.63, 3.8) is 0 Å². The highest BCUT2D eigenvalue weighted by Crippen LogP contribution is 2.43. The van der Waals surface area contributed by atoms with Crippen molar-refractivity contribution < 1.29 is 26.7 Å². The highest BCUT2D eigenvalue weighted by atomic mass is 32.2. The summed E-state index contributed by atoms with van der Waals surface area (Å²) in [6.45, 7) is 1.12. The van der Waals surface area contributed by atoms with Crippen LogP contribution in [0.25, 0.3) is 0 Å². The SMILES string of the molecule is COCCC/N=C1\CCc2c(Oc3cc(F)cc(F)c3)cc3c(c21)S(=O)(=O)CC3. The normalized spacial score (nSPS) is 18.1. The Morgan fingerprint density at radius 3 is 2.55 bits per heavy atom. The van der Waals surface area contributed by atoms with Crippen LogP contribution in [-0.2, 0) is 27.4 Å². The molecule has 0 aromatic heterocycles. The summed E-state index contributed by atoms with van der Waals surface area (Å²) in [6.07, 6.45) is 2.29. The molecule has 0 fully saturated rings. The molecular weight excluding hydrogens is 400 g/mol. The Hall–Kier alpha value is -2.32.